The van der Waals surface area contributed by atoms with Gasteiger partial charge in [-0.05, 0) is 52.4 Å². The molecule has 0 bridgehead atoms. The van der Waals surface area contributed by atoms with Crippen LogP contribution in [0.5, 0.6) is 0 Å². The third-order valence-electron chi connectivity index (χ3n) is 4.05. The fourth-order valence-corrected chi connectivity index (χ4v) is 2.88. The molecule has 4 heteroatoms. The van der Waals surface area contributed by atoms with E-state index >= 15 is 0 Å². The van der Waals surface area contributed by atoms with Crippen LogP contribution in [0.3, 0.4) is 0 Å². The second-order valence-corrected chi connectivity index (χ2v) is 7.89. The SMILES string of the molecule is CC(C)CCC(=O)NCCCCC(C)(NC(C)C)C(=O)C(C)C. The Balaban J connectivity index is 4.18. The fourth-order valence-electron chi connectivity index (χ4n) is 2.88. The van der Waals surface area contributed by atoms with Gasteiger partial charge in [-0.2, -0.15) is 0 Å². The van der Waals surface area contributed by atoms with Crippen molar-refractivity contribution in [3.8, 4) is 0 Å². The summed E-state index contributed by atoms with van der Waals surface area (Å²) in [6.45, 7) is 15.0. The van der Waals surface area contributed by atoms with Crippen molar-refractivity contribution in [2.45, 2.75) is 92.2 Å². The van der Waals surface area contributed by atoms with E-state index in [1.54, 1.807) is 0 Å². The quantitative estimate of drug-likeness (QED) is 0.538. The van der Waals surface area contributed by atoms with Gasteiger partial charge in [-0.3, -0.25) is 9.59 Å². The molecule has 0 aliphatic heterocycles. The maximum atomic E-state index is 12.5. The number of nitrogens with one attached hydrogen (secondary N) is 2. The lowest BCUT2D eigenvalue weighted by molar-refractivity contribution is -0.128. The highest BCUT2D eigenvalue weighted by atomic mass is 16.1. The first-order valence-corrected chi connectivity index (χ1v) is 9.17. The van der Waals surface area contributed by atoms with Gasteiger partial charge in [0, 0.05) is 24.9 Å². The first-order valence-electron chi connectivity index (χ1n) is 9.17. The standard InChI is InChI=1S/C19H38N2O2/c1-14(2)10-11-17(22)20-13-9-8-12-19(7,21-16(5)6)18(23)15(3)4/h14-16,21H,8-13H2,1-7H3,(H,20,22). The van der Waals surface area contributed by atoms with Crippen molar-refractivity contribution < 1.29 is 9.59 Å². The Morgan fingerprint density at radius 3 is 2.09 bits per heavy atom. The van der Waals surface area contributed by atoms with Gasteiger partial charge in [0.25, 0.3) is 0 Å². The molecule has 0 aliphatic rings. The summed E-state index contributed by atoms with van der Waals surface area (Å²) in [5.41, 5.74) is -0.468. The summed E-state index contributed by atoms with van der Waals surface area (Å²) in [6.07, 6.45) is 4.19. The van der Waals surface area contributed by atoms with Crippen LogP contribution >= 0.6 is 0 Å². The molecule has 0 aromatic heterocycles. The van der Waals surface area contributed by atoms with Gasteiger partial charge in [-0.15, -0.1) is 0 Å². The number of Topliss-reactive ketones (excluding diaryl/α,β-unsaturated/α-hetero) is 1. The number of hydrogen-bond acceptors (Lipinski definition) is 3. The Labute approximate surface area is 143 Å². The number of carbonyl (C=O) groups is 2. The zero-order chi connectivity index (χ0) is 18.0. The van der Waals surface area contributed by atoms with Crippen LogP contribution in [0.2, 0.25) is 0 Å². The van der Waals surface area contributed by atoms with Crippen LogP contribution in [0.25, 0.3) is 0 Å². The van der Waals surface area contributed by atoms with E-state index in [0.717, 1.165) is 25.7 Å². The summed E-state index contributed by atoms with van der Waals surface area (Å²) in [7, 11) is 0. The molecule has 0 saturated carbocycles. The van der Waals surface area contributed by atoms with Crippen LogP contribution in [0.15, 0.2) is 0 Å². The molecule has 0 aliphatic carbocycles. The zero-order valence-corrected chi connectivity index (χ0v) is 16.3. The number of rotatable bonds is 12. The number of ketones is 1. The van der Waals surface area contributed by atoms with Crippen LogP contribution in [-0.4, -0.2) is 29.8 Å². The molecule has 4 nitrogen and oxygen atoms in total. The van der Waals surface area contributed by atoms with Gasteiger partial charge in [-0.1, -0.05) is 27.7 Å². The summed E-state index contributed by atoms with van der Waals surface area (Å²) in [5.74, 6) is 1.000. The van der Waals surface area contributed by atoms with E-state index in [1.165, 1.54) is 0 Å². The smallest absolute Gasteiger partial charge is 0.220 e. The topological polar surface area (TPSA) is 58.2 Å². The Kier molecular flexibility index (Phi) is 10.4. The minimum Gasteiger partial charge on any atom is -0.356 e. The monoisotopic (exact) mass is 326 g/mol. The molecular formula is C19H38N2O2. The molecule has 1 amide bonds. The summed E-state index contributed by atoms with van der Waals surface area (Å²) in [5, 5.41) is 6.41. The number of amides is 1. The zero-order valence-electron chi connectivity index (χ0n) is 16.3. The highest BCUT2D eigenvalue weighted by molar-refractivity contribution is 5.89. The van der Waals surface area contributed by atoms with Gasteiger partial charge >= 0.3 is 0 Å². The predicted octanol–water partition coefficient (Wildman–Crippen LogP) is 3.69. The Morgan fingerprint density at radius 2 is 1.61 bits per heavy atom. The van der Waals surface area contributed by atoms with Gasteiger partial charge in [0.05, 0.1) is 5.54 Å². The van der Waals surface area contributed by atoms with E-state index in [2.05, 4.69) is 38.3 Å². The van der Waals surface area contributed by atoms with Crippen molar-refractivity contribution in [1.29, 1.82) is 0 Å². The first-order chi connectivity index (χ1) is 10.6. The van der Waals surface area contributed by atoms with Crippen molar-refractivity contribution in [1.82, 2.24) is 10.6 Å². The largest absolute Gasteiger partial charge is 0.356 e. The van der Waals surface area contributed by atoms with Gasteiger partial charge in [0.15, 0.2) is 5.78 Å². The second kappa shape index (κ2) is 10.8. The Hall–Kier alpha value is -0.900. The maximum absolute atomic E-state index is 12.5. The van der Waals surface area contributed by atoms with E-state index < -0.39 is 5.54 Å². The molecule has 0 fully saturated rings. The Morgan fingerprint density at radius 1 is 1.00 bits per heavy atom. The molecule has 0 spiro atoms. The van der Waals surface area contributed by atoms with Crippen molar-refractivity contribution in [2.75, 3.05) is 6.54 Å². The van der Waals surface area contributed by atoms with Crippen LogP contribution < -0.4 is 10.6 Å². The summed E-state index contributed by atoms with van der Waals surface area (Å²) in [6, 6.07) is 0.276. The Bertz CT molecular complexity index is 364. The molecule has 0 aromatic rings. The van der Waals surface area contributed by atoms with Crippen molar-refractivity contribution in [2.24, 2.45) is 11.8 Å². The molecule has 23 heavy (non-hydrogen) atoms. The molecule has 0 heterocycles. The highest BCUT2D eigenvalue weighted by Crippen LogP contribution is 2.20. The fraction of sp³-hybridized carbons (Fsp3) is 0.895. The molecule has 1 unspecified atom stereocenters. The predicted molar refractivity (Wildman–Crippen MR) is 97.5 cm³/mol. The number of hydrogen-bond donors (Lipinski definition) is 2. The van der Waals surface area contributed by atoms with E-state index in [9.17, 15) is 9.59 Å². The maximum Gasteiger partial charge on any atom is 0.220 e. The molecule has 0 radical (unpaired) electrons. The van der Waals surface area contributed by atoms with Crippen molar-refractivity contribution in [3.63, 3.8) is 0 Å². The summed E-state index contributed by atoms with van der Waals surface area (Å²) in [4.78, 5) is 24.2. The van der Waals surface area contributed by atoms with Crippen LogP contribution in [-0.2, 0) is 9.59 Å². The lowest BCUT2D eigenvalue weighted by Gasteiger charge is -2.33. The van der Waals surface area contributed by atoms with Crippen LogP contribution in [0.1, 0.15) is 80.6 Å². The minimum atomic E-state index is -0.468. The first kappa shape index (κ1) is 22.1. The van der Waals surface area contributed by atoms with E-state index in [-0.39, 0.29) is 23.7 Å². The third-order valence-corrected chi connectivity index (χ3v) is 4.05. The highest BCUT2D eigenvalue weighted by Gasteiger charge is 2.34. The number of unbranched alkanes of at least 4 members (excludes halogenated alkanes) is 1. The summed E-state index contributed by atoms with van der Waals surface area (Å²) >= 11 is 0. The molecule has 0 rings (SSSR count). The molecule has 0 aromatic carbocycles. The van der Waals surface area contributed by atoms with Crippen molar-refractivity contribution in [3.05, 3.63) is 0 Å². The van der Waals surface area contributed by atoms with Gasteiger partial charge in [0.2, 0.25) is 5.91 Å². The van der Waals surface area contributed by atoms with E-state index in [4.69, 9.17) is 0 Å². The van der Waals surface area contributed by atoms with Crippen molar-refractivity contribution >= 4 is 11.7 Å². The molecule has 2 N–H and O–H groups in total. The van der Waals surface area contributed by atoms with Gasteiger partial charge in [-0.25, -0.2) is 0 Å². The number of carbonyl (C=O) groups excluding carboxylic acids is 2. The molecule has 1 atom stereocenters. The lowest BCUT2D eigenvalue weighted by atomic mass is 9.84. The summed E-state index contributed by atoms with van der Waals surface area (Å²) < 4.78 is 0. The lowest BCUT2D eigenvalue weighted by Crippen LogP contribution is -2.53. The van der Waals surface area contributed by atoms with Gasteiger partial charge in [0.1, 0.15) is 0 Å². The average molecular weight is 327 g/mol. The van der Waals surface area contributed by atoms with Gasteiger partial charge < -0.3 is 10.6 Å². The molecular weight excluding hydrogens is 288 g/mol. The molecule has 136 valence electrons. The van der Waals surface area contributed by atoms with E-state index in [1.807, 2.05) is 20.8 Å². The van der Waals surface area contributed by atoms with E-state index in [0.29, 0.717) is 18.9 Å². The second-order valence-electron chi connectivity index (χ2n) is 7.89. The minimum absolute atomic E-state index is 0.0296. The third kappa shape index (κ3) is 9.75. The normalized spacial score (nSPS) is 14.3. The van der Waals surface area contributed by atoms with Crippen LogP contribution in [0.4, 0.5) is 0 Å². The van der Waals surface area contributed by atoms with Crippen LogP contribution in [0, 0.1) is 11.8 Å². The molecule has 0 saturated heterocycles. The average Bonchev–Trinajstić information content (AvgIpc) is 2.42.